The van der Waals surface area contributed by atoms with E-state index in [4.69, 9.17) is 21.5 Å². The molecule has 1 rings (SSSR count). The number of carbonyl (C=O) groups is 1. The molecule has 98 valence electrons. The highest BCUT2D eigenvalue weighted by atomic mass is 32.1. The number of aromatic nitrogens is 1. The molecular formula is C11H15N3O3S. The average Bonchev–Trinajstić information content (AvgIpc) is 2.68. The van der Waals surface area contributed by atoms with E-state index >= 15 is 0 Å². The maximum absolute atomic E-state index is 11.7. The molecule has 0 saturated carbocycles. The molecule has 0 fully saturated rings. The van der Waals surface area contributed by atoms with Crippen molar-refractivity contribution in [1.82, 2.24) is 10.5 Å². The van der Waals surface area contributed by atoms with Gasteiger partial charge in [0.2, 0.25) is 5.88 Å². The second-order valence-electron chi connectivity index (χ2n) is 3.32. The molecule has 0 aliphatic heterocycles. The molecule has 0 spiro atoms. The van der Waals surface area contributed by atoms with Crippen LogP contribution in [0.5, 0.6) is 0 Å². The molecule has 0 unspecified atom stereocenters. The van der Waals surface area contributed by atoms with Crippen molar-refractivity contribution in [2.75, 3.05) is 18.5 Å². The second-order valence-corrected chi connectivity index (χ2v) is 3.72. The predicted octanol–water partition coefficient (Wildman–Crippen LogP) is 1.63. The second kappa shape index (κ2) is 6.75. The van der Waals surface area contributed by atoms with Crippen molar-refractivity contribution < 1.29 is 14.1 Å². The van der Waals surface area contributed by atoms with Crippen LogP contribution in [0, 0.1) is 6.92 Å². The minimum atomic E-state index is -0.495. The molecule has 0 saturated heterocycles. The van der Waals surface area contributed by atoms with Gasteiger partial charge in [-0.25, -0.2) is 4.79 Å². The van der Waals surface area contributed by atoms with Gasteiger partial charge in [0.15, 0.2) is 5.11 Å². The Labute approximate surface area is 110 Å². The fourth-order valence-electron chi connectivity index (χ4n) is 1.21. The highest BCUT2D eigenvalue weighted by Crippen LogP contribution is 2.20. The van der Waals surface area contributed by atoms with Gasteiger partial charge in [0.1, 0.15) is 5.56 Å². The van der Waals surface area contributed by atoms with E-state index in [9.17, 15) is 4.79 Å². The van der Waals surface area contributed by atoms with Crippen molar-refractivity contribution >= 4 is 29.2 Å². The summed E-state index contributed by atoms with van der Waals surface area (Å²) in [5, 5.41) is 9.62. The lowest BCUT2D eigenvalue weighted by molar-refractivity contribution is 0.0526. The van der Waals surface area contributed by atoms with Crippen molar-refractivity contribution in [1.29, 1.82) is 0 Å². The fourth-order valence-corrected chi connectivity index (χ4v) is 1.39. The first-order valence-corrected chi connectivity index (χ1v) is 5.80. The number of hydrogen-bond donors (Lipinski definition) is 2. The quantitative estimate of drug-likeness (QED) is 0.478. The number of ether oxygens (including phenoxy) is 1. The lowest BCUT2D eigenvalue weighted by Gasteiger charge is -2.07. The number of carbonyl (C=O) groups excluding carboxylic acids is 1. The molecule has 0 bridgehead atoms. The Morgan fingerprint density at radius 2 is 2.39 bits per heavy atom. The first-order valence-electron chi connectivity index (χ1n) is 5.39. The first-order chi connectivity index (χ1) is 8.60. The summed E-state index contributed by atoms with van der Waals surface area (Å²) in [7, 11) is 0. The van der Waals surface area contributed by atoms with Gasteiger partial charge in [-0.15, -0.1) is 6.58 Å². The van der Waals surface area contributed by atoms with Crippen LogP contribution in [0.4, 0.5) is 5.88 Å². The van der Waals surface area contributed by atoms with Gasteiger partial charge in [-0.05, 0) is 26.1 Å². The Kier molecular flexibility index (Phi) is 5.31. The fraction of sp³-hybridized carbons (Fsp3) is 0.364. The minimum Gasteiger partial charge on any atom is -0.462 e. The van der Waals surface area contributed by atoms with E-state index in [-0.39, 0.29) is 18.1 Å². The van der Waals surface area contributed by atoms with E-state index in [0.29, 0.717) is 17.4 Å². The topological polar surface area (TPSA) is 76.4 Å². The minimum absolute atomic E-state index is 0.174. The monoisotopic (exact) mass is 269 g/mol. The number of nitrogens with one attached hydrogen (secondary N) is 2. The lowest BCUT2D eigenvalue weighted by Crippen LogP contribution is -2.28. The van der Waals surface area contributed by atoms with Crippen molar-refractivity contribution in [3.05, 3.63) is 23.9 Å². The maximum atomic E-state index is 11.7. The SMILES string of the molecule is C=CCNC(=S)Nc1onc(C)c1C(=O)OCC. The molecule has 0 aliphatic rings. The molecule has 0 amide bonds. The standard InChI is InChI=1S/C11H15N3O3S/c1-4-6-12-11(18)13-9-8(7(3)14-17-9)10(15)16-5-2/h4H,1,5-6H2,2-3H3,(H2,12,13,18). The number of hydrogen-bond acceptors (Lipinski definition) is 5. The Bertz CT molecular complexity index is 456. The zero-order chi connectivity index (χ0) is 13.5. The number of aryl methyl sites for hydroxylation is 1. The summed E-state index contributed by atoms with van der Waals surface area (Å²) in [6.45, 7) is 7.72. The number of nitrogens with zero attached hydrogens (tertiary/aromatic N) is 1. The first kappa shape index (κ1) is 14.2. The molecular weight excluding hydrogens is 254 g/mol. The van der Waals surface area contributed by atoms with Crippen LogP contribution in [0.1, 0.15) is 23.0 Å². The number of esters is 1. The van der Waals surface area contributed by atoms with Gasteiger partial charge in [0, 0.05) is 6.54 Å². The van der Waals surface area contributed by atoms with E-state index in [1.54, 1.807) is 19.9 Å². The zero-order valence-electron chi connectivity index (χ0n) is 10.3. The zero-order valence-corrected chi connectivity index (χ0v) is 11.1. The van der Waals surface area contributed by atoms with E-state index in [0.717, 1.165) is 0 Å². The molecule has 0 aromatic carbocycles. The van der Waals surface area contributed by atoms with Crippen LogP contribution >= 0.6 is 12.2 Å². The average molecular weight is 269 g/mol. The van der Waals surface area contributed by atoms with Gasteiger partial charge < -0.3 is 19.9 Å². The van der Waals surface area contributed by atoms with Crippen molar-refractivity contribution in [3.63, 3.8) is 0 Å². The van der Waals surface area contributed by atoms with Crippen LogP contribution < -0.4 is 10.6 Å². The largest absolute Gasteiger partial charge is 0.462 e. The molecule has 2 N–H and O–H groups in total. The highest BCUT2D eigenvalue weighted by Gasteiger charge is 2.22. The van der Waals surface area contributed by atoms with Gasteiger partial charge in [-0.2, -0.15) is 0 Å². The van der Waals surface area contributed by atoms with E-state index in [1.165, 1.54) is 0 Å². The summed E-state index contributed by atoms with van der Waals surface area (Å²) in [5.41, 5.74) is 0.696. The van der Waals surface area contributed by atoms with E-state index < -0.39 is 5.97 Å². The van der Waals surface area contributed by atoms with E-state index in [1.807, 2.05) is 0 Å². The van der Waals surface area contributed by atoms with Crippen LogP contribution in [0.2, 0.25) is 0 Å². The normalized spacial score (nSPS) is 9.67. The Balaban J connectivity index is 2.80. The molecule has 0 atom stereocenters. The third-order valence-electron chi connectivity index (χ3n) is 1.98. The van der Waals surface area contributed by atoms with Gasteiger partial charge in [0.25, 0.3) is 0 Å². The number of thiocarbonyl (C=S) groups is 1. The van der Waals surface area contributed by atoms with Gasteiger partial charge in [0.05, 0.1) is 12.3 Å². The van der Waals surface area contributed by atoms with E-state index in [2.05, 4.69) is 22.4 Å². The third-order valence-corrected chi connectivity index (χ3v) is 2.22. The smallest absolute Gasteiger partial charge is 0.345 e. The summed E-state index contributed by atoms with van der Waals surface area (Å²) in [6, 6.07) is 0. The summed E-state index contributed by atoms with van der Waals surface area (Å²) in [6.07, 6.45) is 1.66. The lowest BCUT2D eigenvalue weighted by atomic mass is 10.2. The Morgan fingerprint density at radius 1 is 1.67 bits per heavy atom. The van der Waals surface area contributed by atoms with Crippen LogP contribution in [0.3, 0.4) is 0 Å². The third kappa shape index (κ3) is 3.56. The van der Waals surface area contributed by atoms with Crippen molar-refractivity contribution in [2.45, 2.75) is 13.8 Å². The summed E-state index contributed by atoms with van der Waals surface area (Å²) >= 11 is 5.01. The molecule has 1 aromatic rings. The van der Waals surface area contributed by atoms with Crippen LogP contribution in [-0.4, -0.2) is 29.4 Å². The van der Waals surface area contributed by atoms with Crippen LogP contribution in [0.25, 0.3) is 0 Å². The van der Waals surface area contributed by atoms with Crippen molar-refractivity contribution in [2.24, 2.45) is 0 Å². The summed E-state index contributed by atoms with van der Waals surface area (Å²) < 4.78 is 9.91. The van der Waals surface area contributed by atoms with Gasteiger partial charge in [-0.1, -0.05) is 11.2 Å². The van der Waals surface area contributed by atoms with Gasteiger partial charge in [-0.3, -0.25) is 0 Å². The number of rotatable bonds is 5. The molecule has 0 radical (unpaired) electrons. The molecule has 18 heavy (non-hydrogen) atoms. The van der Waals surface area contributed by atoms with Crippen LogP contribution in [-0.2, 0) is 4.74 Å². The number of anilines is 1. The highest BCUT2D eigenvalue weighted by molar-refractivity contribution is 7.80. The molecule has 1 heterocycles. The Hall–Kier alpha value is -1.89. The molecule has 0 aliphatic carbocycles. The maximum Gasteiger partial charge on any atom is 0.345 e. The summed E-state index contributed by atoms with van der Waals surface area (Å²) in [4.78, 5) is 11.7. The summed E-state index contributed by atoms with van der Waals surface area (Å²) in [5.74, 6) is -0.321. The molecule has 1 aromatic heterocycles. The van der Waals surface area contributed by atoms with Crippen molar-refractivity contribution in [3.8, 4) is 0 Å². The molecule has 6 nitrogen and oxygen atoms in total. The predicted molar refractivity (Wildman–Crippen MR) is 71.6 cm³/mol. The molecule has 7 heteroatoms. The van der Waals surface area contributed by atoms with Crippen LogP contribution in [0.15, 0.2) is 17.2 Å². The Morgan fingerprint density at radius 3 is 3.00 bits per heavy atom. The van der Waals surface area contributed by atoms with Gasteiger partial charge >= 0.3 is 5.97 Å².